The molecule has 1 atom stereocenters. The van der Waals surface area contributed by atoms with Gasteiger partial charge in [0.25, 0.3) is 11.8 Å². The zero-order valence-electron chi connectivity index (χ0n) is 20.2. The molecule has 1 aliphatic heterocycles. The summed E-state index contributed by atoms with van der Waals surface area (Å²) in [6, 6.07) is 7.16. The number of anilines is 3. The Labute approximate surface area is 214 Å². The van der Waals surface area contributed by atoms with E-state index in [0.29, 0.717) is 42.0 Å². The average molecular weight is 522 g/mol. The molecule has 194 valence electrons. The topological polar surface area (TPSA) is 105 Å². The zero-order chi connectivity index (χ0) is 26.6. The van der Waals surface area contributed by atoms with Gasteiger partial charge in [-0.15, -0.1) is 5.10 Å². The number of hydrogen-bond donors (Lipinski definition) is 2. The van der Waals surface area contributed by atoms with Crippen LogP contribution >= 0.6 is 0 Å². The number of rotatable bonds is 6. The predicted octanol–water partition coefficient (Wildman–Crippen LogP) is 4.01. The number of halogens is 3. The molecular formula is C26H22F3N7O2. The SMILES string of the molecule is CNc1cc(N2CCc3c(-c4ncc(C=O)cc4F)cccc32)nn2c(C(=O)N[C@@H]3CCC3(F)F)cnc12. The van der Waals surface area contributed by atoms with Crippen LogP contribution in [0.5, 0.6) is 0 Å². The summed E-state index contributed by atoms with van der Waals surface area (Å²) in [7, 11) is 1.70. The number of fused-ring (bicyclic) bond motifs is 2. The van der Waals surface area contributed by atoms with Gasteiger partial charge in [-0.25, -0.2) is 22.7 Å². The minimum absolute atomic E-state index is 0.0377. The number of amides is 1. The van der Waals surface area contributed by atoms with Crippen molar-refractivity contribution in [1.29, 1.82) is 0 Å². The van der Waals surface area contributed by atoms with Crippen molar-refractivity contribution in [3.05, 3.63) is 65.4 Å². The van der Waals surface area contributed by atoms with E-state index in [1.807, 2.05) is 11.0 Å². The first kappa shape index (κ1) is 23.9. The maximum Gasteiger partial charge on any atom is 0.272 e. The molecule has 6 rings (SSSR count). The zero-order valence-corrected chi connectivity index (χ0v) is 20.2. The van der Waals surface area contributed by atoms with Gasteiger partial charge in [0, 0.05) is 49.1 Å². The monoisotopic (exact) mass is 521 g/mol. The fourth-order valence-electron chi connectivity index (χ4n) is 4.95. The Hall–Kier alpha value is -4.48. The lowest BCUT2D eigenvalue weighted by molar-refractivity contribution is -0.102. The lowest BCUT2D eigenvalue weighted by atomic mass is 9.88. The lowest BCUT2D eigenvalue weighted by Crippen LogP contribution is -2.55. The van der Waals surface area contributed by atoms with Crippen molar-refractivity contribution in [2.24, 2.45) is 0 Å². The number of benzene rings is 1. The van der Waals surface area contributed by atoms with E-state index in [2.05, 4.69) is 25.7 Å². The van der Waals surface area contributed by atoms with Crippen molar-refractivity contribution in [3.63, 3.8) is 0 Å². The molecule has 12 heteroatoms. The molecule has 1 aliphatic carbocycles. The van der Waals surface area contributed by atoms with Crippen LogP contribution in [-0.4, -0.2) is 57.3 Å². The molecule has 4 aromatic rings. The van der Waals surface area contributed by atoms with Crippen LogP contribution in [0.2, 0.25) is 0 Å². The number of nitrogens with zero attached hydrogens (tertiary/aromatic N) is 5. The van der Waals surface area contributed by atoms with Crippen molar-refractivity contribution in [2.75, 3.05) is 23.8 Å². The van der Waals surface area contributed by atoms with E-state index in [1.54, 1.807) is 25.2 Å². The standard InChI is InChI=1S/C26H22F3N7O2/c1-30-18-10-22(34-36-20(12-32-24(18)36)25(38)33-21-5-7-26(21,28)29)35-8-6-15-16(3-2-4-19(15)35)23-17(27)9-14(13-37)11-31-23/h2-4,9-13,21,30H,5-8H2,1H3,(H,33,38)/t21-/m1/s1. The third-order valence-corrected chi connectivity index (χ3v) is 7.10. The Bertz CT molecular complexity index is 1600. The van der Waals surface area contributed by atoms with Gasteiger partial charge in [-0.3, -0.25) is 14.6 Å². The van der Waals surface area contributed by atoms with Gasteiger partial charge in [0.15, 0.2) is 23.4 Å². The fraction of sp³-hybridized carbons (Fsp3) is 0.269. The lowest BCUT2D eigenvalue weighted by Gasteiger charge is -2.36. The maximum absolute atomic E-state index is 14.8. The van der Waals surface area contributed by atoms with Crippen molar-refractivity contribution < 1.29 is 22.8 Å². The van der Waals surface area contributed by atoms with Crippen LogP contribution in [0, 0.1) is 5.82 Å². The van der Waals surface area contributed by atoms with E-state index >= 15 is 0 Å². The van der Waals surface area contributed by atoms with Gasteiger partial charge in [0.1, 0.15) is 11.5 Å². The minimum Gasteiger partial charge on any atom is -0.385 e. The van der Waals surface area contributed by atoms with Crippen molar-refractivity contribution in [3.8, 4) is 11.3 Å². The summed E-state index contributed by atoms with van der Waals surface area (Å²) in [5.41, 5.74) is 3.56. The summed E-state index contributed by atoms with van der Waals surface area (Å²) >= 11 is 0. The van der Waals surface area contributed by atoms with E-state index in [9.17, 15) is 22.8 Å². The molecule has 4 heterocycles. The summed E-state index contributed by atoms with van der Waals surface area (Å²) in [5, 5.41) is 10.1. The van der Waals surface area contributed by atoms with E-state index in [4.69, 9.17) is 0 Å². The molecular weight excluding hydrogens is 499 g/mol. The van der Waals surface area contributed by atoms with E-state index in [1.165, 1.54) is 16.9 Å². The van der Waals surface area contributed by atoms with Gasteiger partial charge in [0.2, 0.25) is 0 Å². The Kier molecular flexibility index (Phi) is 5.55. The molecule has 38 heavy (non-hydrogen) atoms. The Morgan fingerprint density at radius 1 is 1.21 bits per heavy atom. The van der Waals surface area contributed by atoms with Gasteiger partial charge in [-0.1, -0.05) is 12.1 Å². The van der Waals surface area contributed by atoms with Crippen LogP contribution in [0.3, 0.4) is 0 Å². The second-order valence-corrected chi connectivity index (χ2v) is 9.29. The summed E-state index contributed by atoms with van der Waals surface area (Å²) < 4.78 is 43.6. The second kappa shape index (κ2) is 8.82. The second-order valence-electron chi connectivity index (χ2n) is 9.29. The Morgan fingerprint density at radius 2 is 2.05 bits per heavy atom. The van der Waals surface area contributed by atoms with E-state index in [0.717, 1.165) is 17.3 Å². The van der Waals surface area contributed by atoms with Crippen LogP contribution in [0.4, 0.5) is 30.4 Å². The molecule has 1 fully saturated rings. The first-order valence-corrected chi connectivity index (χ1v) is 12.1. The highest BCUT2D eigenvalue weighted by Crippen LogP contribution is 2.40. The van der Waals surface area contributed by atoms with Crippen LogP contribution in [0.25, 0.3) is 16.9 Å². The number of aldehydes is 1. The van der Waals surface area contributed by atoms with Crippen LogP contribution in [-0.2, 0) is 6.42 Å². The molecule has 2 N–H and O–H groups in total. The number of hydrogen-bond acceptors (Lipinski definition) is 7. The number of pyridine rings is 1. The summed E-state index contributed by atoms with van der Waals surface area (Å²) in [4.78, 5) is 34.3. The molecule has 3 aromatic heterocycles. The van der Waals surface area contributed by atoms with Crippen molar-refractivity contribution >= 4 is 35.0 Å². The van der Waals surface area contributed by atoms with Gasteiger partial charge in [-0.05, 0) is 30.5 Å². The van der Waals surface area contributed by atoms with E-state index in [-0.39, 0.29) is 29.8 Å². The highest BCUT2D eigenvalue weighted by Gasteiger charge is 2.49. The molecule has 1 saturated carbocycles. The quantitative estimate of drug-likeness (QED) is 0.370. The summed E-state index contributed by atoms with van der Waals surface area (Å²) in [6.45, 7) is 0.520. The highest BCUT2D eigenvalue weighted by molar-refractivity contribution is 5.94. The summed E-state index contributed by atoms with van der Waals surface area (Å²) in [5.74, 6) is -3.71. The Balaban J connectivity index is 1.39. The fourth-order valence-corrected chi connectivity index (χ4v) is 4.95. The smallest absolute Gasteiger partial charge is 0.272 e. The van der Waals surface area contributed by atoms with Gasteiger partial charge in [-0.2, -0.15) is 0 Å². The maximum atomic E-state index is 14.8. The van der Waals surface area contributed by atoms with Crippen molar-refractivity contribution in [2.45, 2.75) is 31.2 Å². The number of imidazole rings is 1. The molecule has 1 aromatic carbocycles. The molecule has 0 bridgehead atoms. The molecule has 0 unspecified atom stereocenters. The van der Waals surface area contributed by atoms with Crippen molar-refractivity contribution in [1.82, 2.24) is 24.9 Å². The number of nitrogens with one attached hydrogen (secondary N) is 2. The largest absolute Gasteiger partial charge is 0.385 e. The predicted molar refractivity (Wildman–Crippen MR) is 134 cm³/mol. The third kappa shape index (κ3) is 3.75. The van der Waals surface area contributed by atoms with Crippen LogP contribution in [0.15, 0.2) is 42.7 Å². The van der Waals surface area contributed by atoms with Gasteiger partial charge in [0.05, 0.1) is 17.9 Å². The molecule has 2 aliphatic rings. The first-order valence-electron chi connectivity index (χ1n) is 12.1. The molecule has 0 spiro atoms. The molecule has 0 radical (unpaired) electrons. The van der Waals surface area contributed by atoms with Gasteiger partial charge >= 0.3 is 0 Å². The number of carbonyl (C=O) groups excluding carboxylic acids is 2. The average Bonchev–Trinajstić information content (AvgIpc) is 3.55. The normalized spacial score (nSPS) is 17.7. The third-order valence-electron chi connectivity index (χ3n) is 7.10. The summed E-state index contributed by atoms with van der Waals surface area (Å²) in [6.07, 6.45) is 3.71. The first-order chi connectivity index (χ1) is 18.3. The Morgan fingerprint density at radius 3 is 2.74 bits per heavy atom. The number of carbonyl (C=O) groups is 2. The van der Waals surface area contributed by atoms with Gasteiger partial charge < -0.3 is 15.5 Å². The minimum atomic E-state index is -2.93. The molecule has 1 amide bonds. The highest BCUT2D eigenvalue weighted by atomic mass is 19.3. The van der Waals surface area contributed by atoms with Crippen LogP contribution in [0.1, 0.15) is 39.3 Å². The number of aromatic nitrogens is 4. The van der Waals surface area contributed by atoms with Crippen LogP contribution < -0.4 is 15.5 Å². The molecule has 0 saturated heterocycles. The van der Waals surface area contributed by atoms with E-state index < -0.39 is 23.7 Å². The molecule has 9 nitrogen and oxygen atoms in total. The number of alkyl halides is 2.